The van der Waals surface area contributed by atoms with Crippen molar-refractivity contribution in [2.45, 2.75) is 104 Å². The number of carbonyl (C=O) groups is 4. The van der Waals surface area contributed by atoms with Crippen molar-refractivity contribution in [2.24, 2.45) is 16.2 Å². The Morgan fingerprint density at radius 1 is 0.661 bits per heavy atom. The summed E-state index contributed by atoms with van der Waals surface area (Å²) in [7, 11) is 0. The number of carbonyl (C=O) groups excluding carboxylic acids is 4. The topological polar surface area (TPSA) is 123 Å². The Bertz CT molecular complexity index is 2070. The van der Waals surface area contributed by atoms with Gasteiger partial charge in [-0.25, -0.2) is 9.59 Å². The monoisotopic (exact) mass is 761 g/mol. The van der Waals surface area contributed by atoms with Crippen molar-refractivity contribution in [3.05, 3.63) is 83.4 Å². The third kappa shape index (κ3) is 9.72. The summed E-state index contributed by atoms with van der Waals surface area (Å²) in [4.78, 5) is 68.3. The summed E-state index contributed by atoms with van der Waals surface area (Å²) in [6, 6.07) is 20.2. The minimum atomic E-state index is -0.568. The molecule has 4 aromatic rings. The van der Waals surface area contributed by atoms with Gasteiger partial charge in [0, 0.05) is 71.2 Å². The van der Waals surface area contributed by atoms with Gasteiger partial charge in [0.2, 0.25) is 11.6 Å². The molecule has 2 amide bonds. The summed E-state index contributed by atoms with van der Waals surface area (Å²) in [6.45, 7) is 9.72. The van der Waals surface area contributed by atoms with Crippen molar-refractivity contribution in [3.8, 4) is 0 Å². The molecular weight excluding hydrogens is 707 g/mol. The molecule has 11 heteroatoms. The molecule has 56 heavy (non-hydrogen) atoms. The Balaban J connectivity index is 1.38. The van der Waals surface area contributed by atoms with E-state index in [-0.39, 0.29) is 17.2 Å². The number of piperidine rings is 2. The van der Waals surface area contributed by atoms with Gasteiger partial charge in [-0.1, -0.05) is 80.7 Å². The van der Waals surface area contributed by atoms with Crippen molar-refractivity contribution in [1.82, 2.24) is 14.4 Å². The van der Waals surface area contributed by atoms with Gasteiger partial charge in [0.1, 0.15) is 5.71 Å². The quantitative estimate of drug-likeness (QED) is 0.0391. The molecule has 0 aliphatic carbocycles. The van der Waals surface area contributed by atoms with Crippen molar-refractivity contribution in [3.63, 3.8) is 0 Å². The Morgan fingerprint density at radius 3 is 1.77 bits per heavy atom. The number of nitrogens with zero attached hydrogens (tertiary/aromatic N) is 5. The van der Waals surface area contributed by atoms with Gasteiger partial charge in [0.15, 0.2) is 5.71 Å². The van der Waals surface area contributed by atoms with Gasteiger partial charge in [-0.15, -0.1) is 0 Å². The summed E-state index contributed by atoms with van der Waals surface area (Å²) in [6.07, 6.45) is 9.73. The van der Waals surface area contributed by atoms with E-state index in [4.69, 9.17) is 9.68 Å². The number of amides is 2. The van der Waals surface area contributed by atoms with Crippen LogP contribution in [0, 0.1) is 5.92 Å². The summed E-state index contributed by atoms with van der Waals surface area (Å²) in [5.41, 5.74) is 3.45. The van der Waals surface area contributed by atoms with E-state index in [1.54, 1.807) is 28.0 Å². The number of oxime groups is 2. The maximum Gasteiger partial charge on any atom is 0.435 e. The lowest BCUT2D eigenvalue weighted by molar-refractivity contribution is 0.0946. The van der Waals surface area contributed by atoms with Crippen LogP contribution in [0.1, 0.15) is 124 Å². The number of likely N-dealkylation sites (tertiary alicyclic amines) is 2. The number of aromatic nitrogens is 1. The largest absolute Gasteiger partial charge is 0.435 e. The summed E-state index contributed by atoms with van der Waals surface area (Å²) >= 11 is 0. The Kier molecular flexibility index (Phi) is 14.1. The SMILES string of the molecule is CCCCC/C(=N\OC(=O)N1CCCCC1)C(=O)c1ccc2c(c1)c1cc(C(=O)/C(=N/OC(=O)N3CCCCC3)c3ccccc3)ccc1n2CCC(C)CC. The van der Waals surface area contributed by atoms with Crippen LogP contribution in [0.3, 0.4) is 0 Å². The Hall–Kier alpha value is -5.32. The maximum atomic E-state index is 14.3. The fourth-order valence-corrected chi connectivity index (χ4v) is 7.50. The highest BCUT2D eigenvalue weighted by atomic mass is 16.7. The average molecular weight is 762 g/mol. The van der Waals surface area contributed by atoms with Crippen molar-refractivity contribution < 1.29 is 28.9 Å². The second kappa shape index (κ2) is 19.5. The number of aryl methyl sites for hydroxylation is 1. The lowest BCUT2D eigenvalue weighted by Gasteiger charge is -2.24. The van der Waals surface area contributed by atoms with Crippen LogP contribution in [0.4, 0.5) is 9.59 Å². The van der Waals surface area contributed by atoms with E-state index in [2.05, 4.69) is 35.6 Å². The normalized spacial score (nSPS) is 15.9. The smallest absolute Gasteiger partial charge is 0.340 e. The van der Waals surface area contributed by atoms with E-state index in [1.165, 1.54) is 0 Å². The van der Waals surface area contributed by atoms with Crippen molar-refractivity contribution >= 4 is 57.0 Å². The molecule has 0 bridgehead atoms. The van der Waals surface area contributed by atoms with E-state index in [0.29, 0.717) is 55.2 Å². The molecule has 6 rings (SSSR count). The minimum Gasteiger partial charge on any atom is -0.340 e. The van der Waals surface area contributed by atoms with Crippen LogP contribution in [-0.2, 0) is 16.2 Å². The summed E-state index contributed by atoms with van der Waals surface area (Å²) in [5, 5.41) is 9.97. The van der Waals surface area contributed by atoms with E-state index >= 15 is 0 Å². The molecule has 0 saturated carbocycles. The molecule has 1 unspecified atom stereocenters. The highest BCUT2D eigenvalue weighted by Gasteiger charge is 2.25. The minimum absolute atomic E-state index is 0.0266. The first-order valence-corrected chi connectivity index (χ1v) is 20.6. The first-order valence-electron chi connectivity index (χ1n) is 20.6. The lowest BCUT2D eigenvalue weighted by Crippen LogP contribution is -2.35. The Morgan fingerprint density at radius 2 is 1.21 bits per heavy atom. The number of Topliss-reactive ketones (excluding diaryl/α,β-unsaturated/α-hetero) is 2. The standard InChI is InChI=1S/C45H55N5O6/c1-4-6-10-19-38(46-55-44(53)48-25-13-8-14-26-48)42(51)34-20-22-39-36(30-34)37-31-35(21-23-40(37)50(39)29-24-32(3)5-2)43(52)41(33-17-11-7-12-18-33)47-56-45(54)49-27-15-9-16-28-49/h7,11-12,17-18,20-23,30-32H,4-6,8-10,13-16,19,24-29H2,1-3H3/b46-38+,47-41+. The molecule has 296 valence electrons. The molecule has 2 saturated heterocycles. The van der Waals surface area contributed by atoms with Crippen LogP contribution in [0.25, 0.3) is 21.8 Å². The van der Waals surface area contributed by atoms with E-state index in [1.807, 2.05) is 48.5 Å². The van der Waals surface area contributed by atoms with Crippen LogP contribution in [0.15, 0.2) is 77.0 Å². The molecule has 2 fully saturated rings. The third-order valence-corrected chi connectivity index (χ3v) is 11.2. The summed E-state index contributed by atoms with van der Waals surface area (Å²) < 4.78 is 2.25. The number of hydrogen-bond acceptors (Lipinski definition) is 8. The molecule has 3 aromatic carbocycles. The lowest BCUT2D eigenvalue weighted by atomic mass is 9.98. The van der Waals surface area contributed by atoms with Gasteiger partial charge in [-0.2, -0.15) is 0 Å². The zero-order valence-electron chi connectivity index (χ0n) is 33.1. The number of fused-ring (bicyclic) bond motifs is 3. The predicted octanol–water partition coefficient (Wildman–Crippen LogP) is 10.2. The molecule has 3 heterocycles. The molecule has 2 aliphatic rings. The van der Waals surface area contributed by atoms with Gasteiger partial charge in [-0.3, -0.25) is 19.3 Å². The predicted molar refractivity (Wildman–Crippen MR) is 221 cm³/mol. The van der Waals surface area contributed by atoms with Crippen molar-refractivity contribution in [2.75, 3.05) is 26.2 Å². The van der Waals surface area contributed by atoms with E-state index < -0.39 is 18.0 Å². The van der Waals surface area contributed by atoms with Crippen LogP contribution >= 0.6 is 0 Å². The Labute approximate surface area is 329 Å². The van der Waals surface area contributed by atoms with Crippen molar-refractivity contribution in [1.29, 1.82) is 0 Å². The molecule has 1 atom stereocenters. The first kappa shape index (κ1) is 40.3. The van der Waals surface area contributed by atoms with Gasteiger partial charge in [-0.05, 0) is 100 Å². The highest BCUT2D eigenvalue weighted by molar-refractivity contribution is 6.51. The zero-order chi connectivity index (χ0) is 39.4. The molecule has 2 aliphatic heterocycles. The van der Waals surface area contributed by atoms with Crippen LogP contribution in [0.2, 0.25) is 0 Å². The molecule has 0 N–H and O–H groups in total. The third-order valence-electron chi connectivity index (χ3n) is 11.2. The second-order valence-electron chi connectivity index (χ2n) is 15.2. The maximum absolute atomic E-state index is 14.3. The molecular formula is C45H55N5O6. The molecule has 0 radical (unpaired) electrons. The first-order chi connectivity index (χ1) is 27.3. The molecule has 1 aromatic heterocycles. The van der Waals surface area contributed by atoms with Gasteiger partial charge < -0.3 is 14.4 Å². The van der Waals surface area contributed by atoms with Gasteiger partial charge >= 0.3 is 12.2 Å². The molecule has 11 nitrogen and oxygen atoms in total. The van der Waals surface area contributed by atoms with E-state index in [0.717, 1.165) is 99.0 Å². The fraction of sp³-hybridized carbons (Fsp3) is 0.467. The zero-order valence-corrected chi connectivity index (χ0v) is 33.1. The van der Waals surface area contributed by atoms with Crippen LogP contribution < -0.4 is 0 Å². The number of benzene rings is 3. The van der Waals surface area contributed by atoms with Gasteiger partial charge in [0.05, 0.1) is 0 Å². The van der Waals surface area contributed by atoms with Crippen LogP contribution in [0.5, 0.6) is 0 Å². The number of unbranched alkanes of at least 4 members (excludes halogenated alkanes) is 2. The summed E-state index contributed by atoms with van der Waals surface area (Å²) in [5.74, 6) is -0.176. The number of hydrogen-bond donors (Lipinski definition) is 0. The number of rotatable bonds is 15. The average Bonchev–Trinajstić information content (AvgIpc) is 3.56. The highest BCUT2D eigenvalue weighted by Crippen LogP contribution is 2.32. The van der Waals surface area contributed by atoms with E-state index in [9.17, 15) is 19.2 Å². The number of ketones is 2. The second-order valence-corrected chi connectivity index (χ2v) is 15.2. The van der Waals surface area contributed by atoms with Crippen LogP contribution in [-0.4, -0.2) is 75.7 Å². The fourth-order valence-electron chi connectivity index (χ4n) is 7.50. The molecule has 0 spiro atoms. The van der Waals surface area contributed by atoms with Gasteiger partial charge in [0.25, 0.3) is 0 Å².